The minimum absolute atomic E-state index is 0.0242. The molecule has 2 aromatic rings. The zero-order valence-corrected chi connectivity index (χ0v) is 17.9. The zero-order valence-electron chi connectivity index (χ0n) is 17.9. The first-order chi connectivity index (χ1) is 14.6. The second-order valence-corrected chi connectivity index (χ2v) is 7.68. The number of hydrogen-bond acceptors (Lipinski definition) is 5. The summed E-state index contributed by atoms with van der Waals surface area (Å²) in [6.45, 7) is 7.25. The van der Waals surface area contributed by atoms with Crippen LogP contribution in [0, 0.1) is 5.92 Å². The molecule has 3 rings (SSSR count). The highest BCUT2D eigenvalue weighted by molar-refractivity contribution is 5.96. The summed E-state index contributed by atoms with van der Waals surface area (Å²) in [6, 6.07) is 7.23. The van der Waals surface area contributed by atoms with E-state index in [-0.39, 0.29) is 17.7 Å². The number of nitrogens with one attached hydrogen (secondary N) is 1. The lowest BCUT2D eigenvalue weighted by Gasteiger charge is -2.31. The lowest BCUT2D eigenvalue weighted by Crippen LogP contribution is -2.38. The van der Waals surface area contributed by atoms with E-state index in [0.717, 1.165) is 63.4 Å². The van der Waals surface area contributed by atoms with Gasteiger partial charge in [-0.25, -0.2) is 4.98 Å². The fourth-order valence-electron chi connectivity index (χ4n) is 3.80. The van der Waals surface area contributed by atoms with Gasteiger partial charge in [0.2, 0.25) is 5.91 Å². The first-order valence-electron chi connectivity index (χ1n) is 10.8. The summed E-state index contributed by atoms with van der Waals surface area (Å²) >= 11 is 0. The Hall–Kier alpha value is -2.96. The van der Waals surface area contributed by atoms with Crippen molar-refractivity contribution in [3.63, 3.8) is 0 Å². The lowest BCUT2D eigenvalue weighted by molar-refractivity contribution is -0.120. The summed E-state index contributed by atoms with van der Waals surface area (Å²) in [5, 5.41) is 3.00. The van der Waals surface area contributed by atoms with Gasteiger partial charge >= 0.3 is 0 Å². The van der Waals surface area contributed by atoms with Crippen LogP contribution < -0.4 is 10.2 Å². The largest absolute Gasteiger partial charge is 0.355 e. The molecule has 1 aliphatic rings. The van der Waals surface area contributed by atoms with Crippen molar-refractivity contribution < 1.29 is 9.59 Å². The Labute approximate surface area is 178 Å². The van der Waals surface area contributed by atoms with Crippen LogP contribution in [-0.2, 0) is 4.79 Å². The Balaban J connectivity index is 1.53. The maximum Gasteiger partial charge on any atom is 0.253 e. The van der Waals surface area contributed by atoms with E-state index in [2.05, 4.69) is 34.0 Å². The van der Waals surface area contributed by atoms with Crippen molar-refractivity contribution in [2.24, 2.45) is 5.92 Å². The Morgan fingerprint density at radius 3 is 2.30 bits per heavy atom. The number of rotatable bonds is 8. The average Bonchev–Trinajstić information content (AvgIpc) is 2.79. The number of anilines is 2. The first kappa shape index (κ1) is 21.7. The first-order valence-corrected chi connectivity index (χ1v) is 10.8. The SMILES string of the molecule is CCCN(CCC)C(=O)c1ccc(NC(=O)C2CCN(c3cnccn3)CC2)cc1. The molecule has 1 aromatic heterocycles. The quantitative estimate of drug-likeness (QED) is 0.721. The smallest absolute Gasteiger partial charge is 0.253 e. The summed E-state index contributed by atoms with van der Waals surface area (Å²) in [7, 11) is 0. The molecular weight excluding hydrogens is 378 g/mol. The maximum atomic E-state index is 12.7. The van der Waals surface area contributed by atoms with Gasteiger partial charge in [0.15, 0.2) is 0 Å². The number of carbonyl (C=O) groups excluding carboxylic acids is 2. The van der Waals surface area contributed by atoms with Crippen molar-refractivity contribution in [3.8, 4) is 0 Å². The Bertz CT molecular complexity index is 811. The standard InChI is InChI=1S/C23H31N5O2/c1-3-13-28(14-4-2)23(30)19-5-7-20(8-6-19)26-22(29)18-9-15-27(16-10-18)21-17-24-11-12-25-21/h5-8,11-12,17-18H,3-4,9-10,13-16H2,1-2H3,(H,26,29). The number of nitrogens with zero attached hydrogens (tertiary/aromatic N) is 4. The predicted molar refractivity (Wildman–Crippen MR) is 119 cm³/mol. The van der Waals surface area contributed by atoms with E-state index in [0.29, 0.717) is 5.56 Å². The molecule has 2 amide bonds. The van der Waals surface area contributed by atoms with E-state index in [1.807, 2.05) is 17.0 Å². The van der Waals surface area contributed by atoms with Gasteiger partial charge in [-0.05, 0) is 49.9 Å². The van der Waals surface area contributed by atoms with Crippen molar-refractivity contribution in [3.05, 3.63) is 48.4 Å². The van der Waals surface area contributed by atoms with Crippen LogP contribution in [0.2, 0.25) is 0 Å². The van der Waals surface area contributed by atoms with Gasteiger partial charge in [-0.3, -0.25) is 14.6 Å². The van der Waals surface area contributed by atoms with Gasteiger partial charge in [-0.1, -0.05) is 13.8 Å². The van der Waals surface area contributed by atoms with Gasteiger partial charge in [-0.2, -0.15) is 0 Å². The lowest BCUT2D eigenvalue weighted by atomic mass is 9.96. The average molecular weight is 410 g/mol. The Morgan fingerprint density at radius 1 is 1.07 bits per heavy atom. The highest BCUT2D eigenvalue weighted by atomic mass is 16.2. The summed E-state index contributed by atoms with van der Waals surface area (Å²) < 4.78 is 0. The molecule has 7 heteroatoms. The highest BCUT2D eigenvalue weighted by Gasteiger charge is 2.25. The van der Waals surface area contributed by atoms with Crippen LogP contribution in [0.3, 0.4) is 0 Å². The molecule has 0 saturated carbocycles. The van der Waals surface area contributed by atoms with Gasteiger partial charge < -0.3 is 15.1 Å². The third-order valence-corrected chi connectivity index (χ3v) is 5.41. The monoisotopic (exact) mass is 409 g/mol. The predicted octanol–water partition coefficient (Wildman–Crippen LogP) is 3.59. The topological polar surface area (TPSA) is 78.4 Å². The van der Waals surface area contributed by atoms with Crippen molar-refractivity contribution in [1.29, 1.82) is 0 Å². The van der Waals surface area contributed by atoms with E-state index in [1.54, 1.807) is 30.7 Å². The summed E-state index contributed by atoms with van der Waals surface area (Å²) in [5.74, 6) is 0.917. The van der Waals surface area contributed by atoms with Crippen LogP contribution in [-0.4, -0.2) is 52.9 Å². The van der Waals surface area contributed by atoms with Crippen LogP contribution in [0.5, 0.6) is 0 Å². The molecule has 1 N–H and O–H groups in total. The number of benzene rings is 1. The molecule has 1 saturated heterocycles. The Morgan fingerprint density at radius 2 is 1.73 bits per heavy atom. The van der Waals surface area contributed by atoms with E-state index < -0.39 is 0 Å². The van der Waals surface area contributed by atoms with Crippen LogP contribution in [0.15, 0.2) is 42.9 Å². The van der Waals surface area contributed by atoms with Crippen LogP contribution >= 0.6 is 0 Å². The summed E-state index contributed by atoms with van der Waals surface area (Å²) in [4.78, 5) is 37.8. The number of amides is 2. The van der Waals surface area contributed by atoms with Crippen molar-refractivity contribution in [2.75, 3.05) is 36.4 Å². The molecule has 0 unspecified atom stereocenters. The Kier molecular flexibility index (Phi) is 7.76. The minimum atomic E-state index is -0.0242. The van der Waals surface area contributed by atoms with Crippen LogP contribution in [0.1, 0.15) is 49.9 Å². The van der Waals surface area contributed by atoms with Gasteiger partial charge in [0.05, 0.1) is 6.20 Å². The van der Waals surface area contributed by atoms with Crippen molar-refractivity contribution in [2.45, 2.75) is 39.5 Å². The molecular formula is C23H31N5O2. The summed E-state index contributed by atoms with van der Waals surface area (Å²) in [5.41, 5.74) is 1.39. The molecule has 0 radical (unpaired) electrons. The van der Waals surface area contributed by atoms with Crippen LogP contribution in [0.4, 0.5) is 11.5 Å². The number of piperidine rings is 1. The molecule has 30 heavy (non-hydrogen) atoms. The third kappa shape index (κ3) is 5.55. The van der Waals surface area contributed by atoms with E-state index in [1.165, 1.54) is 0 Å². The number of aromatic nitrogens is 2. The van der Waals surface area contributed by atoms with Crippen molar-refractivity contribution >= 4 is 23.3 Å². The van der Waals surface area contributed by atoms with Gasteiger partial charge in [0.25, 0.3) is 5.91 Å². The second kappa shape index (κ2) is 10.7. The molecule has 2 heterocycles. The molecule has 1 fully saturated rings. The van der Waals surface area contributed by atoms with E-state index in [4.69, 9.17) is 0 Å². The molecule has 0 atom stereocenters. The molecule has 0 spiro atoms. The van der Waals surface area contributed by atoms with E-state index >= 15 is 0 Å². The number of carbonyl (C=O) groups is 2. The molecule has 160 valence electrons. The molecule has 1 aliphatic heterocycles. The maximum absolute atomic E-state index is 12.7. The zero-order chi connectivity index (χ0) is 21.3. The normalized spacial score (nSPS) is 14.4. The molecule has 0 aliphatic carbocycles. The van der Waals surface area contributed by atoms with Gasteiger partial charge in [0.1, 0.15) is 5.82 Å². The number of hydrogen-bond donors (Lipinski definition) is 1. The fraction of sp³-hybridized carbons (Fsp3) is 0.478. The van der Waals surface area contributed by atoms with Gasteiger partial charge in [-0.15, -0.1) is 0 Å². The highest BCUT2D eigenvalue weighted by Crippen LogP contribution is 2.23. The molecule has 1 aromatic carbocycles. The third-order valence-electron chi connectivity index (χ3n) is 5.41. The molecule has 0 bridgehead atoms. The van der Waals surface area contributed by atoms with Gasteiger partial charge in [0, 0.05) is 55.7 Å². The van der Waals surface area contributed by atoms with E-state index in [9.17, 15) is 9.59 Å². The van der Waals surface area contributed by atoms with Crippen molar-refractivity contribution in [1.82, 2.24) is 14.9 Å². The minimum Gasteiger partial charge on any atom is -0.355 e. The van der Waals surface area contributed by atoms with Crippen LogP contribution in [0.25, 0.3) is 0 Å². The second-order valence-electron chi connectivity index (χ2n) is 7.68. The fourth-order valence-corrected chi connectivity index (χ4v) is 3.80. The molecule has 7 nitrogen and oxygen atoms in total. The summed E-state index contributed by atoms with van der Waals surface area (Å²) in [6.07, 6.45) is 8.54.